The van der Waals surface area contributed by atoms with E-state index in [1.165, 1.54) is 0 Å². The van der Waals surface area contributed by atoms with E-state index >= 15 is 0 Å². The van der Waals surface area contributed by atoms with Crippen LogP contribution in [0.25, 0.3) is 0 Å². The number of aliphatic hydroxyl groups is 1. The van der Waals surface area contributed by atoms with Gasteiger partial charge in [-0.1, -0.05) is 0 Å². The van der Waals surface area contributed by atoms with Gasteiger partial charge >= 0.3 is 0 Å². The van der Waals surface area contributed by atoms with E-state index < -0.39 is 0 Å². The maximum atomic E-state index is 11.9. The van der Waals surface area contributed by atoms with Crippen molar-refractivity contribution in [1.82, 2.24) is 10.2 Å². The summed E-state index contributed by atoms with van der Waals surface area (Å²) < 4.78 is 0. The number of carbonyl (C=O) groups excluding carboxylic acids is 1. The fourth-order valence-corrected chi connectivity index (χ4v) is 2.52. The van der Waals surface area contributed by atoms with Crippen molar-refractivity contribution in [2.45, 2.75) is 64.7 Å². The molecule has 0 bridgehead atoms. The van der Waals surface area contributed by atoms with Crippen LogP contribution >= 0.6 is 0 Å². The molecule has 0 aromatic heterocycles. The van der Waals surface area contributed by atoms with Gasteiger partial charge in [-0.05, 0) is 40.5 Å². The fourth-order valence-electron chi connectivity index (χ4n) is 2.52. The van der Waals surface area contributed by atoms with E-state index in [9.17, 15) is 4.79 Å². The second-order valence-electron chi connectivity index (χ2n) is 4.99. The number of amides is 1. The molecule has 1 amide bonds. The van der Waals surface area contributed by atoms with Crippen LogP contribution in [0.15, 0.2) is 0 Å². The molecule has 2 N–H and O–H groups in total. The van der Waals surface area contributed by atoms with E-state index in [-0.39, 0.29) is 24.6 Å². The first-order valence-corrected chi connectivity index (χ1v) is 6.16. The van der Waals surface area contributed by atoms with E-state index in [2.05, 4.69) is 24.1 Å². The molecule has 0 saturated carbocycles. The zero-order chi connectivity index (χ0) is 12.3. The van der Waals surface area contributed by atoms with Crippen molar-refractivity contribution >= 4 is 5.91 Å². The molecule has 0 aromatic carbocycles. The Hall–Kier alpha value is -0.610. The standard InChI is InChI=1S/C12H24N2O2/c1-8(7-15)13-12(16)11(4)14-9(2)5-6-10(14)3/h8-11,15H,5-7H2,1-4H3,(H,13,16)/t8-,9-,10+,11+/m0/s1. The van der Waals surface area contributed by atoms with Crippen molar-refractivity contribution in [3.05, 3.63) is 0 Å². The number of hydrogen-bond donors (Lipinski definition) is 2. The molecular weight excluding hydrogens is 204 g/mol. The Morgan fingerprint density at radius 2 is 1.88 bits per heavy atom. The number of nitrogens with one attached hydrogen (secondary N) is 1. The van der Waals surface area contributed by atoms with Crippen LogP contribution in [0.4, 0.5) is 0 Å². The SMILES string of the molecule is C[C@@H]1CC[C@H](C)N1[C@H](C)C(=O)N[C@@H](C)CO. The molecule has 0 aliphatic carbocycles. The van der Waals surface area contributed by atoms with Crippen molar-refractivity contribution in [3.8, 4) is 0 Å². The molecule has 16 heavy (non-hydrogen) atoms. The van der Waals surface area contributed by atoms with E-state index in [4.69, 9.17) is 5.11 Å². The second kappa shape index (κ2) is 5.64. The molecule has 0 aromatic rings. The molecule has 1 rings (SSSR count). The Labute approximate surface area is 98.0 Å². The number of rotatable bonds is 4. The van der Waals surface area contributed by atoms with Gasteiger partial charge in [-0.3, -0.25) is 9.69 Å². The molecule has 4 nitrogen and oxygen atoms in total. The summed E-state index contributed by atoms with van der Waals surface area (Å²) in [5, 5.41) is 11.7. The van der Waals surface area contributed by atoms with E-state index in [1.54, 1.807) is 0 Å². The number of carbonyl (C=O) groups is 1. The molecule has 0 radical (unpaired) electrons. The first kappa shape index (κ1) is 13.5. The highest BCUT2D eigenvalue weighted by molar-refractivity contribution is 5.81. The van der Waals surface area contributed by atoms with Gasteiger partial charge in [0, 0.05) is 18.1 Å². The molecule has 1 fully saturated rings. The van der Waals surface area contributed by atoms with E-state index in [0.29, 0.717) is 12.1 Å². The lowest BCUT2D eigenvalue weighted by molar-refractivity contribution is -0.127. The van der Waals surface area contributed by atoms with Gasteiger partial charge in [-0.25, -0.2) is 0 Å². The van der Waals surface area contributed by atoms with Crippen molar-refractivity contribution < 1.29 is 9.90 Å². The number of hydrogen-bond acceptors (Lipinski definition) is 3. The predicted octanol–water partition coefficient (Wildman–Crippen LogP) is 0.745. The van der Waals surface area contributed by atoms with Crippen LogP contribution in [0.3, 0.4) is 0 Å². The fraction of sp³-hybridized carbons (Fsp3) is 0.917. The minimum atomic E-state index is -0.164. The molecule has 4 heteroatoms. The Morgan fingerprint density at radius 3 is 2.31 bits per heavy atom. The van der Waals surface area contributed by atoms with Gasteiger partial charge in [0.05, 0.1) is 12.6 Å². The summed E-state index contributed by atoms with van der Waals surface area (Å²) in [5.41, 5.74) is 0. The summed E-state index contributed by atoms with van der Waals surface area (Å²) in [6, 6.07) is 0.671. The van der Waals surface area contributed by atoms with Gasteiger partial charge in [0.25, 0.3) is 0 Å². The van der Waals surface area contributed by atoms with E-state index in [0.717, 1.165) is 12.8 Å². The third-order valence-electron chi connectivity index (χ3n) is 3.51. The van der Waals surface area contributed by atoms with Gasteiger partial charge in [-0.15, -0.1) is 0 Å². The van der Waals surface area contributed by atoms with Crippen molar-refractivity contribution in [1.29, 1.82) is 0 Å². The van der Waals surface area contributed by atoms with Crippen LogP contribution in [0, 0.1) is 0 Å². The lowest BCUT2D eigenvalue weighted by atomic mass is 10.2. The molecule has 94 valence electrons. The second-order valence-corrected chi connectivity index (χ2v) is 4.99. The Balaban J connectivity index is 2.55. The van der Waals surface area contributed by atoms with Gasteiger partial charge < -0.3 is 10.4 Å². The molecule has 0 spiro atoms. The monoisotopic (exact) mass is 228 g/mol. The summed E-state index contributed by atoms with van der Waals surface area (Å²) in [4.78, 5) is 14.2. The third-order valence-corrected chi connectivity index (χ3v) is 3.51. The quantitative estimate of drug-likeness (QED) is 0.746. The normalized spacial score (nSPS) is 30.1. The predicted molar refractivity (Wildman–Crippen MR) is 64.1 cm³/mol. The van der Waals surface area contributed by atoms with Crippen molar-refractivity contribution in [3.63, 3.8) is 0 Å². The molecule has 1 aliphatic heterocycles. The summed E-state index contributed by atoms with van der Waals surface area (Å²) in [6.07, 6.45) is 2.32. The van der Waals surface area contributed by atoms with Crippen LogP contribution in [-0.4, -0.2) is 46.7 Å². The number of likely N-dealkylation sites (tertiary alicyclic amines) is 1. The lowest BCUT2D eigenvalue weighted by Crippen LogP contribution is -2.51. The smallest absolute Gasteiger partial charge is 0.237 e. The molecule has 4 atom stereocenters. The highest BCUT2D eigenvalue weighted by atomic mass is 16.3. The highest BCUT2D eigenvalue weighted by Gasteiger charge is 2.34. The van der Waals surface area contributed by atoms with Crippen molar-refractivity contribution in [2.75, 3.05) is 6.61 Å². The molecule has 1 aliphatic rings. The maximum absolute atomic E-state index is 11.9. The highest BCUT2D eigenvalue weighted by Crippen LogP contribution is 2.25. The van der Waals surface area contributed by atoms with Crippen LogP contribution in [0.5, 0.6) is 0 Å². The van der Waals surface area contributed by atoms with Crippen LogP contribution in [0.2, 0.25) is 0 Å². The van der Waals surface area contributed by atoms with Crippen LogP contribution < -0.4 is 5.32 Å². The lowest BCUT2D eigenvalue weighted by Gasteiger charge is -2.32. The Bertz CT molecular complexity index is 235. The van der Waals surface area contributed by atoms with Crippen LogP contribution in [0.1, 0.15) is 40.5 Å². The average Bonchev–Trinajstić information content (AvgIpc) is 2.57. The Morgan fingerprint density at radius 1 is 1.38 bits per heavy atom. The summed E-state index contributed by atoms with van der Waals surface area (Å²) in [5.74, 6) is 0.0159. The van der Waals surface area contributed by atoms with Crippen molar-refractivity contribution in [2.24, 2.45) is 0 Å². The zero-order valence-electron chi connectivity index (χ0n) is 10.7. The molecule has 1 heterocycles. The topological polar surface area (TPSA) is 52.6 Å². The maximum Gasteiger partial charge on any atom is 0.237 e. The first-order chi connectivity index (χ1) is 7.47. The molecular formula is C12H24N2O2. The Kier molecular flexibility index (Phi) is 4.74. The zero-order valence-corrected chi connectivity index (χ0v) is 10.7. The van der Waals surface area contributed by atoms with Gasteiger partial charge in [0.2, 0.25) is 5.91 Å². The van der Waals surface area contributed by atoms with Gasteiger partial charge in [-0.2, -0.15) is 0 Å². The molecule has 0 unspecified atom stereocenters. The summed E-state index contributed by atoms with van der Waals surface area (Å²) in [6.45, 7) is 8.08. The van der Waals surface area contributed by atoms with Crippen LogP contribution in [-0.2, 0) is 4.79 Å². The first-order valence-electron chi connectivity index (χ1n) is 6.16. The largest absolute Gasteiger partial charge is 0.394 e. The van der Waals surface area contributed by atoms with E-state index in [1.807, 2.05) is 13.8 Å². The average molecular weight is 228 g/mol. The minimum Gasteiger partial charge on any atom is -0.394 e. The summed E-state index contributed by atoms with van der Waals surface area (Å²) >= 11 is 0. The molecule has 1 saturated heterocycles. The number of nitrogens with zero attached hydrogens (tertiary/aromatic N) is 1. The minimum absolute atomic E-state index is 0.0104. The van der Waals surface area contributed by atoms with Gasteiger partial charge in [0.15, 0.2) is 0 Å². The summed E-state index contributed by atoms with van der Waals surface area (Å²) in [7, 11) is 0. The third kappa shape index (κ3) is 2.95. The number of aliphatic hydroxyl groups excluding tert-OH is 1. The van der Waals surface area contributed by atoms with Gasteiger partial charge in [0.1, 0.15) is 0 Å².